The molecule has 0 radical (unpaired) electrons. The first kappa shape index (κ1) is 17.1. The SMILES string of the molecule is Cc1ccc2[nH]c(-n3nc(C)c(Cc4ccc(F)c(F)c4F)c3O)nc2c1. The minimum atomic E-state index is -1.54. The van der Waals surface area contributed by atoms with Crippen molar-refractivity contribution in [3.8, 4) is 11.8 Å². The van der Waals surface area contributed by atoms with Gasteiger partial charge in [0, 0.05) is 12.0 Å². The Bertz CT molecular complexity index is 1180. The van der Waals surface area contributed by atoms with Crippen LogP contribution in [0.5, 0.6) is 5.88 Å². The summed E-state index contributed by atoms with van der Waals surface area (Å²) in [5.74, 6) is -4.02. The summed E-state index contributed by atoms with van der Waals surface area (Å²) in [4.78, 5) is 7.47. The van der Waals surface area contributed by atoms with Crippen LogP contribution in [0.1, 0.15) is 22.4 Å². The minimum Gasteiger partial charge on any atom is -0.493 e. The molecular formula is C19H15F3N4O. The molecule has 2 aromatic carbocycles. The Balaban J connectivity index is 1.76. The molecule has 0 fully saturated rings. The number of benzene rings is 2. The highest BCUT2D eigenvalue weighted by atomic mass is 19.2. The molecule has 0 atom stereocenters. The summed E-state index contributed by atoms with van der Waals surface area (Å²) >= 11 is 0. The molecule has 2 heterocycles. The number of hydrogen-bond acceptors (Lipinski definition) is 3. The van der Waals surface area contributed by atoms with E-state index in [1.165, 1.54) is 4.68 Å². The van der Waals surface area contributed by atoms with Crippen LogP contribution in [0.4, 0.5) is 13.2 Å². The van der Waals surface area contributed by atoms with Crippen molar-refractivity contribution in [1.29, 1.82) is 0 Å². The standard InChI is InChI=1S/C19H15F3N4O/c1-9-3-6-14-15(7-9)24-19(23-14)26-18(27)12(10(2)25-26)8-11-4-5-13(20)17(22)16(11)21/h3-7,27H,8H2,1-2H3,(H,23,24). The van der Waals surface area contributed by atoms with Crippen LogP contribution in [0.2, 0.25) is 0 Å². The van der Waals surface area contributed by atoms with Crippen molar-refractivity contribution in [2.45, 2.75) is 20.3 Å². The number of H-pyrrole nitrogens is 1. The molecule has 0 saturated carbocycles. The number of aromatic nitrogens is 4. The number of fused-ring (bicyclic) bond motifs is 1. The number of nitrogens with zero attached hydrogens (tertiary/aromatic N) is 3. The molecule has 0 aliphatic carbocycles. The van der Waals surface area contributed by atoms with E-state index in [1.807, 2.05) is 25.1 Å². The fourth-order valence-corrected chi connectivity index (χ4v) is 3.00. The van der Waals surface area contributed by atoms with Crippen molar-refractivity contribution in [1.82, 2.24) is 19.7 Å². The highest BCUT2D eigenvalue weighted by Crippen LogP contribution is 2.28. The third-order valence-corrected chi connectivity index (χ3v) is 4.47. The summed E-state index contributed by atoms with van der Waals surface area (Å²) < 4.78 is 41.8. The summed E-state index contributed by atoms with van der Waals surface area (Å²) in [5.41, 5.74) is 3.18. The van der Waals surface area contributed by atoms with Gasteiger partial charge in [-0.1, -0.05) is 12.1 Å². The van der Waals surface area contributed by atoms with Crippen molar-refractivity contribution in [2.75, 3.05) is 0 Å². The number of nitrogens with one attached hydrogen (secondary N) is 1. The molecule has 0 saturated heterocycles. The number of hydrogen-bond donors (Lipinski definition) is 2. The summed E-state index contributed by atoms with van der Waals surface area (Å²) in [6, 6.07) is 7.68. The van der Waals surface area contributed by atoms with Gasteiger partial charge in [-0.05, 0) is 43.2 Å². The van der Waals surface area contributed by atoms with Crippen LogP contribution in [0, 0.1) is 31.3 Å². The van der Waals surface area contributed by atoms with E-state index in [1.54, 1.807) is 6.92 Å². The Hall–Kier alpha value is -3.29. The van der Waals surface area contributed by atoms with Crippen LogP contribution >= 0.6 is 0 Å². The van der Waals surface area contributed by atoms with Gasteiger partial charge >= 0.3 is 0 Å². The van der Waals surface area contributed by atoms with Gasteiger partial charge in [-0.25, -0.2) is 18.2 Å². The molecule has 138 valence electrons. The summed E-state index contributed by atoms with van der Waals surface area (Å²) in [6.07, 6.45) is -0.139. The molecule has 0 spiro atoms. The van der Waals surface area contributed by atoms with Crippen LogP contribution in [0.15, 0.2) is 30.3 Å². The molecule has 5 nitrogen and oxygen atoms in total. The van der Waals surface area contributed by atoms with E-state index in [4.69, 9.17) is 0 Å². The van der Waals surface area contributed by atoms with Gasteiger partial charge in [0.2, 0.25) is 11.8 Å². The molecular weight excluding hydrogens is 357 g/mol. The normalized spacial score (nSPS) is 11.4. The average Bonchev–Trinajstić information content (AvgIpc) is 3.17. The maximum atomic E-state index is 14.0. The number of aromatic amines is 1. The van der Waals surface area contributed by atoms with Crippen molar-refractivity contribution in [3.05, 3.63) is 70.2 Å². The molecule has 0 bridgehead atoms. The van der Waals surface area contributed by atoms with Gasteiger partial charge in [0.15, 0.2) is 17.5 Å². The fourth-order valence-electron chi connectivity index (χ4n) is 3.00. The molecule has 4 rings (SSSR count). The third kappa shape index (κ3) is 2.83. The lowest BCUT2D eigenvalue weighted by Crippen LogP contribution is -2.00. The van der Waals surface area contributed by atoms with E-state index < -0.39 is 17.5 Å². The minimum absolute atomic E-state index is 0.0768. The van der Waals surface area contributed by atoms with Crippen LogP contribution in [0.25, 0.3) is 17.0 Å². The Morgan fingerprint density at radius 1 is 1.07 bits per heavy atom. The number of rotatable bonds is 3. The highest BCUT2D eigenvalue weighted by Gasteiger charge is 2.21. The lowest BCUT2D eigenvalue weighted by molar-refractivity contribution is 0.424. The highest BCUT2D eigenvalue weighted by molar-refractivity contribution is 5.77. The van der Waals surface area contributed by atoms with E-state index in [9.17, 15) is 18.3 Å². The Labute approximate surface area is 152 Å². The second kappa shape index (κ2) is 6.15. The Kier molecular flexibility index (Phi) is 3.91. The smallest absolute Gasteiger partial charge is 0.232 e. The zero-order chi connectivity index (χ0) is 19.3. The van der Waals surface area contributed by atoms with Crippen molar-refractivity contribution < 1.29 is 18.3 Å². The quantitative estimate of drug-likeness (QED) is 0.533. The largest absolute Gasteiger partial charge is 0.493 e. The van der Waals surface area contributed by atoms with Gasteiger partial charge in [0.05, 0.1) is 16.7 Å². The zero-order valence-corrected chi connectivity index (χ0v) is 14.5. The van der Waals surface area contributed by atoms with Gasteiger partial charge in [0.1, 0.15) is 0 Å². The molecule has 2 aromatic heterocycles. The van der Waals surface area contributed by atoms with Gasteiger partial charge in [-0.2, -0.15) is 9.78 Å². The summed E-state index contributed by atoms with van der Waals surface area (Å²) in [5, 5.41) is 14.8. The molecule has 0 amide bonds. The predicted molar refractivity (Wildman–Crippen MR) is 93.5 cm³/mol. The fraction of sp³-hybridized carbons (Fsp3) is 0.158. The number of halogens is 3. The van der Waals surface area contributed by atoms with Gasteiger partial charge in [-0.15, -0.1) is 0 Å². The monoisotopic (exact) mass is 372 g/mol. The van der Waals surface area contributed by atoms with E-state index in [-0.39, 0.29) is 17.9 Å². The summed E-state index contributed by atoms with van der Waals surface area (Å²) in [7, 11) is 0. The summed E-state index contributed by atoms with van der Waals surface area (Å²) in [6.45, 7) is 3.58. The van der Waals surface area contributed by atoms with E-state index in [0.29, 0.717) is 22.7 Å². The number of aryl methyl sites for hydroxylation is 2. The second-order valence-corrected chi connectivity index (χ2v) is 6.39. The average molecular weight is 372 g/mol. The first-order valence-electron chi connectivity index (χ1n) is 8.21. The van der Waals surface area contributed by atoms with Crippen LogP contribution in [-0.2, 0) is 6.42 Å². The number of aromatic hydroxyl groups is 1. The topological polar surface area (TPSA) is 66.7 Å². The molecule has 2 N–H and O–H groups in total. The first-order chi connectivity index (χ1) is 12.8. The third-order valence-electron chi connectivity index (χ3n) is 4.47. The molecule has 27 heavy (non-hydrogen) atoms. The zero-order valence-electron chi connectivity index (χ0n) is 14.5. The van der Waals surface area contributed by atoms with Gasteiger partial charge < -0.3 is 10.1 Å². The first-order valence-corrected chi connectivity index (χ1v) is 8.21. The maximum absolute atomic E-state index is 14.0. The molecule has 0 unspecified atom stereocenters. The van der Waals surface area contributed by atoms with Gasteiger partial charge in [0.25, 0.3) is 0 Å². The van der Waals surface area contributed by atoms with Crippen LogP contribution in [-0.4, -0.2) is 24.9 Å². The number of imidazole rings is 1. The van der Waals surface area contributed by atoms with Crippen LogP contribution < -0.4 is 0 Å². The van der Waals surface area contributed by atoms with E-state index in [0.717, 1.165) is 23.2 Å². The molecule has 4 aromatic rings. The molecule has 8 heteroatoms. The predicted octanol–water partition coefficient (Wildman–Crippen LogP) is 4.08. The van der Waals surface area contributed by atoms with Crippen LogP contribution in [0.3, 0.4) is 0 Å². The molecule has 0 aliphatic heterocycles. The molecule has 0 aliphatic rings. The second-order valence-electron chi connectivity index (χ2n) is 6.39. The lowest BCUT2D eigenvalue weighted by Gasteiger charge is -2.05. The van der Waals surface area contributed by atoms with E-state index in [2.05, 4.69) is 15.1 Å². The lowest BCUT2D eigenvalue weighted by atomic mass is 10.0. The van der Waals surface area contributed by atoms with Gasteiger partial charge in [-0.3, -0.25) is 0 Å². The Morgan fingerprint density at radius 3 is 2.63 bits per heavy atom. The van der Waals surface area contributed by atoms with Crippen molar-refractivity contribution in [2.24, 2.45) is 0 Å². The Morgan fingerprint density at radius 2 is 1.85 bits per heavy atom. The van der Waals surface area contributed by atoms with Crippen molar-refractivity contribution in [3.63, 3.8) is 0 Å². The van der Waals surface area contributed by atoms with E-state index >= 15 is 0 Å². The maximum Gasteiger partial charge on any atom is 0.232 e. The van der Waals surface area contributed by atoms with Crippen molar-refractivity contribution >= 4 is 11.0 Å².